The first-order valence-corrected chi connectivity index (χ1v) is 7.30. The number of fused-ring (bicyclic) bond motifs is 1. The van der Waals surface area contributed by atoms with Crippen LogP contribution in [0.4, 0.5) is 11.6 Å². The molecule has 3 rings (SSSR count). The van der Waals surface area contributed by atoms with E-state index in [2.05, 4.69) is 16.8 Å². The highest BCUT2D eigenvalue weighted by Gasteiger charge is 2.24. The topological polar surface area (TPSA) is 57.9 Å². The highest BCUT2D eigenvalue weighted by Crippen LogP contribution is 2.27. The molecule has 3 N–H and O–H groups in total. The summed E-state index contributed by atoms with van der Waals surface area (Å²) >= 11 is 0. The molecule has 0 saturated carbocycles. The number of nitrogens with two attached hydrogens (primary N) is 1. The Hall–Kier alpha value is -1.71. The van der Waals surface area contributed by atoms with Gasteiger partial charge in [-0.05, 0) is 43.9 Å². The second-order valence-electron chi connectivity index (χ2n) is 5.47. The molecule has 0 bridgehead atoms. The molecular formula is C15H22N4. The number of piperidine rings is 1. The van der Waals surface area contributed by atoms with Crippen LogP contribution >= 0.6 is 0 Å². The molecule has 1 atom stereocenters. The molecule has 4 nitrogen and oxygen atoms in total. The number of imidazole rings is 1. The number of hydrogen-bond acceptors (Lipinski definition) is 3. The fourth-order valence-corrected chi connectivity index (χ4v) is 3.06. The van der Waals surface area contributed by atoms with Gasteiger partial charge in [0.25, 0.3) is 0 Å². The predicted octanol–water partition coefficient (Wildman–Crippen LogP) is 3.30. The van der Waals surface area contributed by atoms with Crippen LogP contribution in [0.5, 0.6) is 0 Å². The maximum absolute atomic E-state index is 5.83. The second kappa shape index (κ2) is 5.11. The summed E-state index contributed by atoms with van der Waals surface area (Å²) in [6.45, 7) is 3.37. The normalized spacial score (nSPS) is 20.1. The number of aromatic nitrogens is 2. The highest BCUT2D eigenvalue weighted by atomic mass is 15.3. The van der Waals surface area contributed by atoms with E-state index in [-0.39, 0.29) is 0 Å². The summed E-state index contributed by atoms with van der Waals surface area (Å²) in [5, 5.41) is 0. The van der Waals surface area contributed by atoms with Crippen LogP contribution in [0.15, 0.2) is 18.2 Å². The Bertz CT molecular complexity index is 558. The summed E-state index contributed by atoms with van der Waals surface area (Å²) in [5.41, 5.74) is 8.65. The van der Waals surface area contributed by atoms with Gasteiger partial charge in [-0.2, -0.15) is 0 Å². The van der Waals surface area contributed by atoms with Crippen molar-refractivity contribution in [2.24, 2.45) is 0 Å². The third-order valence-electron chi connectivity index (χ3n) is 4.01. The van der Waals surface area contributed by atoms with Gasteiger partial charge in [-0.3, -0.25) is 0 Å². The molecule has 2 heterocycles. The molecule has 0 amide bonds. The average molecular weight is 258 g/mol. The van der Waals surface area contributed by atoms with Gasteiger partial charge in [0.15, 0.2) is 0 Å². The number of aromatic amines is 1. The Balaban J connectivity index is 1.92. The molecule has 1 saturated heterocycles. The lowest BCUT2D eigenvalue weighted by atomic mass is 9.99. The number of nitrogens with one attached hydrogen (secondary N) is 1. The molecule has 1 unspecified atom stereocenters. The van der Waals surface area contributed by atoms with Crippen molar-refractivity contribution in [3.63, 3.8) is 0 Å². The van der Waals surface area contributed by atoms with E-state index in [0.717, 1.165) is 29.2 Å². The Morgan fingerprint density at radius 3 is 3.16 bits per heavy atom. The first-order chi connectivity index (χ1) is 9.28. The number of benzene rings is 1. The van der Waals surface area contributed by atoms with Crippen LogP contribution in [-0.2, 0) is 0 Å². The Kier molecular flexibility index (Phi) is 3.32. The number of hydrogen-bond donors (Lipinski definition) is 2. The van der Waals surface area contributed by atoms with E-state index in [9.17, 15) is 0 Å². The summed E-state index contributed by atoms with van der Waals surface area (Å²) in [6, 6.07) is 6.50. The van der Waals surface area contributed by atoms with E-state index >= 15 is 0 Å². The standard InChI is InChI=1S/C15H22N4/c1-2-5-12-6-3-4-9-19(12)15-17-13-8-7-11(16)10-14(13)18-15/h7-8,10,12H,2-6,9,16H2,1H3,(H,17,18). The fraction of sp³-hybridized carbons (Fsp3) is 0.533. The molecular weight excluding hydrogens is 236 g/mol. The molecule has 102 valence electrons. The van der Waals surface area contributed by atoms with Gasteiger partial charge in [0.1, 0.15) is 0 Å². The molecule has 2 aromatic rings. The quantitative estimate of drug-likeness (QED) is 0.830. The van der Waals surface area contributed by atoms with Gasteiger partial charge >= 0.3 is 0 Å². The SMILES string of the molecule is CCCC1CCCCN1c1nc2ccc(N)cc2[nH]1. The Morgan fingerprint density at radius 1 is 1.42 bits per heavy atom. The first kappa shape index (κ1) is 12.3. The third-order valence-corrected chi connectivity index (χ3v) is 4.01. The maximum atomic E-state index is 5.83. The zero-order valence-electron chi connectivity index (χ0n) is 11.5. The molecule has 1 aliphatic rings. The summed E-state index contributed by atoms with van der Waals surface area (Å²) in [4.78, 5) is 10.6. The highest BCUT2D eigenvalue weighted by molar-refractivity contribution is 5.80. The molecule has 0 radical (unpaired) electrons. The summed E-state index contributed by atoms with van der Waals surface area (Å²) in [7, 11) is 0. The first-order valence-electron chi connectivity index (χ1n) is 7.30. The minimum atomic E-state index is 0.636. The van der Waals surface area contributed by atoms with Crippen LogP contribution in [0.3, 0.4) is 0 Å². The molecule has 4 heteroatoms. The zero-order chi connectivity index (χ0) is 13.2. The van der Waals surface area contributed by atoms with E-state index in [1.165, 1.54) is 32.1 Å². The van der Waals surface area contributed by atoms with Crippen LogP contribution in [-0.4, -0.2) is 22.6 Å². The largest absolute Gasteiger partial charge is 0.399 e. The monoisotopic (exact) mass is 258 g/mol. The summed E-state index contributed by atoms with van der Waals surface area (Å²) in [5.74, 6) is 1.01. The van der Waals surface area contributed by atoms with Crippen molar-refractivity contribution in [1.82, 2.24) is 9.97 Å². The molecule has 19 heavy (non-hydrogen) atoms. The van der Waals surface area contributed by atoms with Gasteiger partial charge < -0.3 is 15.6 Å². The van der Waals surface area contributed by atoms with Crippen molar-refractivity contribution in [3.05, 3.63) is 18.2 Å². The van der Waals surface area contributed by atoms with E-state index in [1.54, 1.807) is 0 Å². The molecule has 0 aliphatic carbocycles. The summed E-state index contributed by atoms with van der Waals surface area (Å²) < 4.78 is 0. The zero-order valence-corrected chi connectivity index (χ0v) is 11.5. The average Bonchev–Trinajstić information content (AvgIpc) is 2.82. The van der Waals surface area contributed by atoms with Gasteiger partial charge in [-0.15, -0.1) is 0 Å². The molecule has 0 spiro atoms. The number of rotatable bonds is 3. The van der Waals surface area contributed by atoms with Crippen molar-refractivity contribution in [2.45, 2.75) is 45.1 Å². The predicted molar refractivity (Wildman–Crippen MR) is 80.4 cm³/mol. The van der Waals surface area contributed by atoms with E-state index in [1.807, 2.05) is 18.2 Å². The van der Waals surface area contributed by atoms with Crippen molar-refractivity contribution in [3.8, 4) is 0 Å². The Morgan fingerprint density at radius 2 is 2.32 bits per heavy atom. The van der Waals surface area contributed by atoms with Gasteiger partial charge in [0.05, 0.1) is 11.0 Å². The van der Waals surface area contributed by atoms with Crippen LogP contribution in [0.2, 0.25) is 0 Å². The molecule has 1 aliphatic heterocycles. The van der Waals surface area contributed by atoms with Crippen LogP contribution in [0.25, 0.3) is 11.0 Å². The van der Waals surface area contributed by atoms with Gasteiger partial charge in [0.2, 0.25) is 5.95 Å². The number of anilines is 2. The van der Waals surface area contributed by atoms with E-state index in [4.69, 9.17) is 10.7 Å². The van der Waals surface area contributed by atoms with Crippen LogP contribution in [0.1, 0.15) is 39.0 Å². The minimum Gasteiger partial charge on any atom is -0.399 e. The Labute approximate surface area is 114 Å². The second-order valence-corrected chi connectivity index (χ2v) is 5.47. The number of nitrogen functional groups attached to an aromatic ring is 1. The number of H-pyrrole nitrogens is 1. The van der Waals surface area contributed by atoms with Gasteiger partial charge in [-0.25, -0.2) is 4.98 Å². The van der Waals surface area contributed by atoms with Crippen molar-refractivity contribution >= 4 is 22.7 Å². The number of nitrogens with zero attached hydrogens (tertiary/aromatic N) is 2. The van der Waals surface area contributed by atoms with E-state index < -0.39 is 0 Å². The lowest BCUT2D eigenvalue weighted by Crippen LogP contribution is -2.40. The van der Waals surface area contributed by atoms with Crippen LogP contribution < -0.4 is 10.6 Å². The van der Waals surface area contributed by atoms with Crippen molar-refractivity contribution in [2.75, 3.05) is 17.2 Å². The minimum absolute atomic E-state index is 0.636. The van der Waals surface area contributed by atoms with Gasteiger partial charge in [0, 0.05) is 18.3 Å². The lowest BCUT2D eigenvalue weighted by Gasteiger charge is -2.35. The van der Waals surface area contributed by atoms with Crippen LogP contribution in [0, 0.1) is 0 Å². The fourth-order valence-electron chi connectivity index (χ4n) is 3.06. The van der Waals surface area contributed by atoms with E-state index in [0.29, 0.717) is 6.04 Å². The van der Waals surface area contributed by atoms with Crippen molar-refractivity contribution < 1.29 is 0 Å². The smallest absolute Gasteiger partial charge is 0.204 e. The third kappa shape index (κ3) is 2.39. The molecule has 1 aromatic carbocycles. The maximum Gasteiger partial charge on any atom is 0.204 e. The molecule has 1 fully saturated rings. The lowest BCUT2D eigenvalue weighted by molar-refractivity contribution is 0.430. The van der Waals surface area contributed by atoms with Crippen molar-refractivity contribution in [1.29, 1.82) is 0 Å². The van der Waals surface area contributed by atoms with Gasteiger partial charge in [-0.1, -0.05) is 13.3 Å². The molecule has 1 aromatic heterocycles. The summed E-state index contributed by atoms with van der Waals surface area (Å²) in [6.07, 6.45) is 6.37.